The highest BCUT2D eigenvalue weighted by Crippen LogP contribution is 2.55. The van der Waals surface area contributed by atoms with Crippen LogP contribution in [0, 0.1) is 29.4 Å². The Morgan fingerprint density at radius 2 is 1.64 bits per heavy atom. The van der Waals surface area contributed by atoms with Crippen LogP contribution in [0.25, 0.3) is 0 Å². The molecule has 0 heterocycles. The molecule has 118 valence electrons. The molecule has 22 heavy (non-hydrogen) atoms. The van der Waals surface area contributed by atoms with E-state index in [2.05, 4.69) is 10.6 Å². The molecule has 0 spiro atoms. The highest BCUT2D eigenvalue weighted by molar-refractivity contribution is 5.89. The molecule has 2 amide bonds. The number of urea groups is 1. The number of carbonyl (C=O) groups excluding carboxylic acids is 1. The molecule has 5 heteroatoms. The third-order valence-electron chi connectivity index (χ3n) is 5.60. The number of hydrogen-bond donors (Lipinski definition) is 2. The Labute approximate surface area is 128 Å². The van der Waals surface area contributed by atoms with Crippen LogP contribution in [0.5, 0.6) is 0 Å². The lowest BCUT2D eigenvalue weighted by molar-refractivity contribution is -0.0127. The molecule has 3 nitrogen and oxygen atoms in total. The van der Waals surface area contributed by atoms with Gasteiger partial charge in [-0.3, -0.25) is 0 Å². The van der Waals surface area contributed by atoms with Crippen molar-refractivity contribution in [3.8, 4) is 0 Å². The van der Waals surface area contributed by atoms with Gasteiger partial charge in [0.25, 0.3) is 0 Å². The zero-order valence-corrected chi connectivity index (χ0v) is 12.4. The van der Waals surface area contributed by atoms with E-state index >= 15 is 0 Å². The number of amides is 2. The molecule has 4 bridgehead atoms. The normalized spacial score (nSPS) is 35.5. The number of anilines is 1. The topological polar surface area (TPSA) is 41.1 Å². The summed E-state index contributed by atoms with van der Waals surface area (Å²) in [6.45, 7) is 0. The standard InChI is InChI=1S/C17H20F2N2O/c18-13-1-2-15(14(19)6-13)20-16(22)21-17-7-10-3-11(8-17)5-12(4-10)9-17/h1-2,6,10-12H,3-5,7-9H2,(H2,20,21,22). The fourth-order valence-electron chi connectivity index (χ4n) is 5.25. The van der Waals surface area contributed by atoms with Gasteiger partial charge in [0.1, 0.15) is 11.6 Å². The van der Waals surface area contributed by atoms with E-state index in [0.29, 0.717) is 0 Å². The highest BCUT2D eigenvalue weighted by atomic mass is 19.1. The summed E-state index contributed by atoms with van der Waals surface area (Å²) in [5.74, 6) is 0.794. The van der Waals surface area contributed by atoms with Crippen molar-refractivity contribution in [2.24, 2.45) is 17.8 Å². The average Bonchev–Trinajstić information content (AvgIpc) is 2.39. The first-order valence-corrected chi connectivity index (χ1v) is 8.06. The monoisotopic (exact) mass is 306 g/mol. The second-order valence-corrected chi connectivity index (χ2v) is 7.40. The molecule has 0 saturated heterocycles. The summed E-state index contributed by atoms with van der Waals surface area (Å²) in [6.07, 6.45) is 7.02. The van der Waals surface area contributed by atoms with Crippen molar-refractivity contribution >= 4 is 11.7 Å². The molecule has 1 aromatic rings. The molecule has 0 atom stereocenters. The van der Waals surface area contributed by atoms with E-state index in [1.807, 2.05) is 0 Å². The molecule has 4 fully saturated rings. The minimum atomic E-state index is -0.749. The number of nitrogens with one attached hydrogen (secondary N) is 2. The zero-order chi connectivity index (χ0) is 15.3. The molecule has 0 unspecified atom stereocenters. The maximum atomic E-state index is 13.6. The summed E-state index contributed by atoms with van der Waals surface area (Å²) in [7, 11) is 0. The van der Waals surface area contributed by atoms with Gasteiger partial charge in [0.15, 0.2) is 0 Å². The fourth-order valence-corrected chi connectivity index (χ4v) is 5.25. The second-order valence-electron chi connectivity index (χ2n) is 7.40. The Balaban J connectivity index is 1.46. The number of hydrogen-bond acceptors (Lipinski definition) is 1. The van der Waals surface area contributed by atoms with Gasteiger partial charge < -0.3 is 10.6 Å². The average molecular weight is 306 g/mol. The van der Waals surface area contributed by atoms with E-state index in [-0.39, 0.29) is 17.3 Å². The Kier molecular flexibility index (Phi) is 3.13. The van der Waals surface area contributed by atoms with Crippen LogP contribution >= 0.6 is 0 Å². The van der Waals surface area contributed by atoms with Gasteiger partial charge in [-0.15, -0.1) is 0 Å². The van der Waals surface area contributed by atoms with E-state index in [1.54, 1.807) is 0 Å². The summed E-state index contributed by atoms with van der Waals surface area (Å²) in [4.78, 5) is 12.3. The van der Waals surface area contributed by atoms with Crippen molar-refractivity contribution in [1.82, 2.24) is 5.32 Å². The summed E-state index contributed by atoms with van der Waals surface area (Å²) in [5.41, 5.74) is -0.0985. The molecule has 2 N–H and O–H groups in total. The Morgan fingerprint density at radius 3 is 2.18 bits per heavy atom. The molecule has 4 aliphatic carbocycles. The van der Waals surface area contributed by atoms with Crippen LogP contribution in [-0.2, 0) is 0 Å². The van der Waals surface area contributed by atoms with Crippen molar-refractivity contribution < 1.29 is 13.6 Å². The molecule has 4 saturated carbocycles. The first kappa shape index (κ1) is 14.0. The Bertz CT molecular complexity index is 581. The molecule has 4 aliphatic rings. The Morgan fingerprint density at radius 1 is 1.05 bits per heavy atom. The Hall–Kier alpha value is -1.65. The quantitative estimate of drug-likeness (QED) is 0.850. The van der Waals surface area contributed by atoms with Crippen LogP contribution in [0.1, 0.15) is 38.5 Å². The number of halogens is 2. The van der Waals surface area contributed by atoms with Crippen LogP contribution in [0.4, 0.5) is 19.3 Å². The summed E-state index contributed by atoms with van der Waals surface area (Å²) in [6, 6.07) is 2.79. The fraction of sp³-hybridized carbons (Fsp3) is 0.588. The van der Waals surface area contributed by atoms with E-state index in [1.165, 1.54) is 25.3 Å². The smallest absolute Gasteiger partial charge is 0.319 e. The first-order chi connectivity index (χ1) is 10.5. The molecular weight excluding hydrogens is 286 g/mol. The molecule has 1 aromatic carbocycles. The third-order valence-corrected chi connectivity index (χ3v) is 5.60. The maximum Gasteiger partial charge on any atom is 0.319 e. The maximum absolute atomic E-state index is 13.6. The lowest BCUT2D eigenvalue weighted by Crippen LogP contribution is -2.60. The second kappa shape index (κ2) is 4.93. The highest BCUT2D eigenvalue weighted by Gasteiger charge is 2.51. The largest absolute Gasteiger partial charge is 0.332 e. The molecule has 0 aliphatic heterocycles. The van der Waals surface area contributed by atoms with Gasteiger partial charge in [-0.25, -0.2) is 13.6 Å². The van der Waals surface area contributed by atoms with Crippen molar-refractivity contribution in [3.05, 3.63) is 29.8 Å². The van der Waals surface area contributed by atoms with Crippen molar-refractivity contribution in [2.75, 3.05) is 5.32 Å². The number of benzene rings is 1. The molecule has 5 rings (SSSR count). The van der Waals surface area contributed by atoms with E-state index in [0.717, 1.165) is 49.1 Å². The lowest BCUT2D eigenvalue weighted by atomic mass is 9.53. The van der Waals surface area contributed by atoms with Gasteiger partial charge in [-0.05, 0) is 68.4 Å². The van der Waals surface area contributed by atoms with Gasteiger partial charge in [-0.2, -0.15) is 0 Å². The predicted molar refractivity (Wildman–Crippen MR) is 79.4 cm³/mol. The van der Waals surface area contributed by atoms with Gasteiger partial charge in [-0.1, -0.05) is 0 Å². The molecular formula is C17H20F2N2O. The first-order valence-electron chi connectivity index (χ1n) is 8.06. The van der Waals surface area contributed by atoms with Crippen LogP contribution in [0.3, 0.4) is 0 Å². The van der Waals surface area contributed by atoms with Crippen LogP contribution in [0.15, 0.2) is 18.2 Å². The molecule has 0 radical (unpaired) electrons. The van der Waals surface area contributed by atoms with E-state index in [4.69, 9.17) is 0 Å². The van der Waals surface area contributed by atoms with Crippen LogP contribution in [-0.4, -0.2) is 11.6 Å². The summed E-state index contributed by atoms with van der Waals surface area (Å²) in [5, 5.41) is 5.63. The van der Waals surface area contributed by atoms with Crippen LogP contribution in [0.2, 0.25) is 0 Å². The minimum absolute atomic E-state index is 0.0172. The third kappa shape index (κ3) is 2.46. The zero-order valence-electron chi connectivity index (χ0n) is 12.4. The van der Waals surface area contributed by atoms with Crippen molar-refractivity contribution in [1.29, 1.82) is 0 Å². The van der Waals surface area contributed by atoms with Crippen molar-refractivity contribution in [2.45, 2.75) is 44.1 Å². The predicted octanol–water partition coefficient (Wildman–Crippen LogP) is 4.06. The van der Waals surface area contributed by atoms with Gasteiger partial charge in [0, 0.05) is 11.6 Å². The van der Waals surface area contributed by atoms with E-state index < -0.39 is 11.6 Å². The van der Waals surface area contributed by atoms with Gasteiger partial charge in [0.2, 0.25) is 0 Å². The summed E-state index contributed by atoms with van der Waals surface area (Å²) >= 11 is 0. The van der Waals surface area contributed by atoms with Gasteiger partial charge in [0.05, 0.1) is 5.69 Å². The lowest BCUT2D eigenvalue weighted by Gasteiger charge is -2.56. The van der Waals surface area contributed by atoms with Crippen LogP contribution < -0.4 is 10.6 Å². The van der Waals surface area contributed by atoms with E-state index in [9.17, 15) is 13.6 Å². The number of carbonyl (C=O) groups is 1. The SMILES string of the molecule is O=C(Nc1ccc(F)cc1F)NC12CC3CC(CC(C3)C1)C2. The number of rotatable bonds is 2. The molecule has 0 aromatic heterocycles. The van der Waals surface area contributed by atoms with Crippen molar-refractivity contribution in [3.63, 3.8) is 0 Å². The minimum Gasteiger partial charge on any atom is -0.332 e. The van der Waals surface area contributed by atoms with Gasteiger partial charge >= 0.3 is 6.03 Å². The summed E-state index contributed by atoms with van der Waals surface area (Å²) < 4.78 is 26.5.